The Hall–Kier alpha value is -1.43. The second kappa shape index (κ2) is 6.59. The number of rotatable bonds is 5. The summed E-state index contributed by atoms with van der Waals surface area (Å²) in [6.45, 7) is 5.36. The van der Waals surface area contributed by atoms with E-state index in [1.54, 1.807) is 0 Å². The second-order valence-corrected chi connectivity index (χ2v) is 6.76. The molecule has 5 nitrogen and oxygen atoms in total. The molecule has 0 spiro atoms. The number of para-hydroxylation sites is 2. The Morgan fingerprint density at radius 3 is 2.87 bits per heavy atom. The van der Waals surface area contributed by atoms with Crippen LogP contribution in [0.5, 0.6) is 0 Å². The summed E-state index contributed by atoms with van der Waals surface area (Å²) in [7, 11) is 1.82. The number of aromatic nitrogens is 1. The molecule has 2 aliphatic rings. The molecule has 2 atom stereocenters. The molecule has 23 heavy (non-hydrogen) atoms. The van der Waals surface area contributed by atoms with Crippen LogP contribution in [0.25, 0.3) is 11.1 Å². The number of methoxy groups -OCH3 is 1. The van der Waals surface area contributed by atoms with Crippen molar-refractivity contribution in [2.45, 2.75) is 38.0 Å². The molecule has 3 heterocycles. The van der Waals surface area contributed by atoms with Crippen LogP contribution in [0.1, 0.15) is 25.2 Å². The van der Waals surface area contributed by atoms with Crippen molar-refractivity contribution in [3.63, 3.8) is 0 Å². The minimum absolute atomic E-state index is 0.326. The van der Waals surface area contributed by atoms with Crippen LogP contribution in [-0.2, 0) is 11.3 Å². The number of likely N-dealkylation sites (tertiary alicyclic amines) is 2. The molecule has 2 fully saturated rings. The molecule has 5 heteroatoms. The van der Waals surface area contributed by atoms with Gasteiger partial charge in [0.1, 0.15) is 5.52 Å². The molecule has 0 bridgehead atoms. The lowest BCUT2D eigenvalue weighted by molar-refractivity contribution is 0.106. The molecular formula is C18H25N3O2. The second-order valence-electron chi connectivity index (χ2n) is 6.76. The summed E-state index contributed by atoms with van der Waals surface area (Å²) in [5.41, 5.74) is 1.82. The number of fused-ring (bicyclic) bond motifs is 1. The quantitative estimate of drug-likeness (QED) is 0.848. The molecule has 0 N–H and O–H groups in total. The summed E-state index contributed by atoms with van der Waals surface area (Å²) in [6, 6.07) is 8.51. The fraction of sp³-hybridized carbons (Fsp3) is 0.611. The highest BCUT2D eigenvalue weighted by Crippen LogP contribution is 2.25. The lowest BCUT2D eigenvalue weighted by Gasteiger charge is -2.27. The van der Waals surface area contributed by atoms with Crippen LogP contribution in [0.2, 0.25) is 0 Å². The first-order valence-electron chi connectivity index (χ1n) is 8.65. The van der Waals surface area contributed by atoms with E-state index >= 15 is 0 Å². The fourth-order valence-electron chi connectivity index (χ4n) is 3.92. The van der Waals surface area contributed by atoms with Crippen LogP contribution >= 0.6 is 0 Å². The fourth-order valence-corrected chi connectivity index (χ4v) is 3.92. The van der Waals surface area contributed by atoms with Gasteiger partial charge in [0.05, 0.1) is 12.6 Å². The number of nitrogens with zero attached hydrogens (tertiary/aromatic N) is 3. The van der Waals surface area contributed by atoms with Crippen LogP contribution in [0, 0.1) is 0 Å². The van der Waals surface area contributed by atoms with Crippen molar-refractivity contribution in [1.82, 2.24) is 14.8 Å². The van der Waals surface area contributed by atoms with Crippen LogP contribution in [0.4, 0.5) is 0 Å². The van der Waals surface area contributed by atoms with Gasteiger partial charge < -0.3 is 14.1 Å². The van der Waals surface area contributed by atoms with Crippen LogP contribution in [-0.4, -0.2) is 60.2 Å². The average molecular weight is 315 g/mol. The standard InChI is InChI=1S/C18H25N3O2/c1-22-15-10-14(11-20-8-4-5-9-20)21(12-15)13-18-19-16-6-2-3-7-17(16)23-18/h2-3,6-7,14-15H,4-5,8-13H2,1H3/t14-,15-/m0/s1. The zero-order valence-corrected chi connectivity index (χ0v) is 13.8. The third-order valence-corrected chi connectivity index (χ3v) is 5.17. The van der Waals surface area contributed by atoms with Crippen molar-refractivity contribution in [2.75, 3.05) is 33.3 Å². The van der Waals surface area contributed by atoms with E-state index in [9.17, 15) is 0 Å². The van der Waals surface area contributed by atoms with E-state index in [0.29, 0.717) is 12.1 Å². The van der Waals surface area contributed by atoms with Crippen molar-refractivity contribution in [2.24, 2.45) is 0 Å². The predicted molar refractivity (Wildman–Crippen MR) is 89.3 cm³/mol. The molecule has 2 saturated heterocycles. The molecule has 0 unspecified atom stereocenters. The predicted octanol–water partition coefficient (Wildman–Crippen LogP) is 2.51. The summed E-state index contributed by atoms with van der Waals surface area (Å²) < 4.78 is 11.5. The highest BCUT2D eigenvalue weighted by atomic mass is 16.5. The Labute approximate surface area is 137 Å². The minimum atomic E-state index is 0.326. The molecule has 1 aromatic carbocycles. The van der Waals surface area contributed by atoms with Crippen molar-refractivity contribution in [3.8, 4) is 0 Å². The first-order chi connectivity index (χ1) is 11.3. The molecule has 0 radical (unpaired) electrons. The van der Waals surface area contributed by atoms with E-state index in [4.69, 9.17) is 9.15 Å². The van der Waals surface area contributed by atoms with Crippen molar-refractivity contribution < 1.29 is 9.15 Å². The summed E-state index contributed by atoms with van der Waals surface area (Å²) in [5.74, 6) is 0.814. The van der Waals surface area contributed by atoms with E-state index in [-0.39, 0.29) is 0 Å². The monoisotopic (exact) mass is 315 g/mol. The van der Waals surface area contributed by atoms with Gasteiger partial charge in [0.15, 0.2) is 5.58 Å². The van der Waals surface area contributed by atoms with Gasteiger partial charge in [-0.05, 0) is 44.5 Å². The minimum Gasteiger partial charge on any atom is -0.439 e. The van der Waals surface area contributed by atoms with E-state index in [0.717, 1.165) is 43.0 Å². The highest BCUT2D eigenvalue weighted by Gasteiger charge is 2.34. The van der Waals surface area contributed by atoms with Crippen LogP contribution in [0.15, 0.2) is 28.7 Å². The molecule has 0 aliphatic carbocycles. The normalized spacial score (nSPS) is 26.5. The lowest BCUT2D eigenvalue weighted by atomic mass is 10.2. The largest absolute Gasteiger partial charge is 0.439 e. The van der Waals surface area contributed by atoms with Gasteiger partial charge in [-0.15, -0.1) is 0 Å². The molecule has 0 saturated carbocycles. The Balaban J connectivity index is 1.47. The molecule has 124 valence electrons. The van der Waals surface area contributed by atoms with Crippen molar-refractivity contribution >= 4 is 11.1 Å². The maximum atomic E-state index is 5.91. The summed E-state index contributed by atoms with van der Waals surface area (Å²) in [6.07, 6.45) is 4.11. The van der Waals surface area contributed by atoms with Gasteiger partial charge >= 0.3 is 0 Å². The van der Waals surface area contributed by atoms with E-state index in [1.165, 1.54) is 25.9 Å². The third kappa shape index (κ3) is 3.27. The van der Waals surface area contributed by atoms with Crippen LogP contribution in [0.3, 0.4) is 0 Å². The molecule has 2 aromatic rings. The Morgan fingerprint density at radius 1 is 1.26 bits per heavy atom. The number of hydrogen-bond donors (Lipinski definition) is 0. The number of ether oxygens (including phenoxy) is 1. The lowest BCUT2D eigenvalue weighted by Crippen LogP contribution is -2.39. The van der Waals surface area contributed by atoms with E-state index < -0.39 is 0 Å². The SMILES string of the molecule is CO[C@H]1C[C@@H](CN2CCCC2)N(Cc2nc3ccccc3o2)C1. The molecule has 1 aromatic heterocycles. The maximum Gasteiger partial charge on any atom is 0.209 e. The smallest absolute Gasteiger partial charge is 0.209 e. The van der Waals surface area contributed by atoms with Gasteiger partial charge in [0.25, 0.3) is 0 Å². The molecule has 4 rings (SSSR count). The van der Waals surface area contributed by atoms with Gasteiger partial charge in [-0.25, -0.2) is 4.98 Å². The van der Waals surface area contributed by atoms with Gasteiger partial charge in [-0.2, -0.15) is 0 Å². The summed E-state index contributed by atoms with van der Waals surface area (Å²) >= 11 is 0. The Kier molecular flexibility index (Phi) is 4.33. The number of hydrogen-bond acceptors (Lipinski definition) is 5. The Bertz CT molecular complexity index is 618. The zero-order valence-electron chi connectivity index (χ0n) is 13.8. The summed E-state index contributed by atoms with van der Waals surface area (Å²) in [4.78, 5) is 9.70. The molecule has 2 aliphatic heterocycles. The van der Waals surface area contributed by atoms with E-state index in [2.05, 4.69) is 14.8 Å². The van der Waals surface area contributed by atoms with Gasteiger partial charge in [0, 0.05) is 26.2 Å². The molecular weight excluding hydrogens is 290 g/mol. The van der Waals surface area contributed by atoms with Gasteiger partial charge in [-0.1, -0.05) is 12.1 Å². The Morgan fingerprint density at radius 2 is 2.09 bits per heavy atom. The van der Waals surface area contributed by atoms with Crippen molar-refractivity contribution in [1.29, 1.82) is 0 Å². The first kappa shape index (κ1) is 15.1. The summed E-state index contributed by atoms with van der Waals surface area (Å²) in [5, 5.41) is 0. The third-order valence-electron chi connectivity index (χ3n) is 5.17. The van der Waals surface area contributed by atoms with Gasteiger partial charge in [-0.3, -0.25) is 4.90 Å². The molecule has 0 amide bonds. The maximum absolute atomic E-state index is 5.91. The van der Waals surface area contributed by atoms with Gasteiger partial charge in [0.2, 0.25) is 5.89 Å². The van der Waals surface area contributed by atoms with Crippen molar-refractivity contribution in [3.05, 3.63) is 30.2 Å². The first-order valence-corrected chi connectivity index (χ1v) is 8.65. The van der Waals surface area contributed by atoms with E-state index in [1.807, 2.05) is 31.4 Å². The topological polar surface area (TPSA) is 41.7 Å². The van der Waals surface area contributed by atoms with Crippen LogP contribution < -0.4 is 0 Å². The zero-order chi connectivity index (χ0) is 15.6. The number of oxazole rings is 1. The average Bonchev–Trinajstić information content (AvgIpc) is 3.28. The highest BCUT2D eigenvalue weighted by molar-refractivity contribution is 5.72. The number of benzene rings is 1.